The highest BCUT2D eigenvalue weighted by molar-refractivity contribution is 7.13. The highest BCUT2D eigenvalue weighted by atomic mass is 32.1. The van der Waals surface area contributed by atoms with Gasteiger partial charge in [-0.15, -0.1) is 11.3 Å². The minimum Gasteiger partial charge on any atom is -0.383 e. The van der Waals surface area contributed by atoms with Crippen molar-refractivity contribution in [1.29, 1.82) is 0 Å². The van der Waals surface area contributed by atoms with Gasteiger partial charge in [0, 0.05) is 31.1 Å². The summed E-state index contributed by atoms with van der Waals surface area (Å²) in [7, 11) is 1.55. The first-order valence-corrected chi connectivity index (χ1v) is 11.7. The van der Waals surface area contributed by atoms with Crippen LogP contribution in [0.15, 0.2) is 29.6 Å². The van der Waals surface area contributed by atoms with E-state index in [0.717, 1.165) is 24.8 Å². The number of hydrogen-bond donors (Lipinski definition) is 2. The number of hydrogen-bond acceptors (Lipinski definition) is 6. The standard InChI is InChI=1S/C23H32N4O4S/c1-4-5-6-11-24-20(28)14-19-16-32-23(25-19)26-21(29)15-27(12-13-31-3)22(30)18-9-7-17(2)8-10-18/h7-10,16H,4-6,11-15H2,1-3H3,(H,24,28)(H,25,26,29). The van der Waals surface area contributed by atoms with Gasteiger partial charge in [0.25, 0.3) is 5.91 Å². The zero-order valence-electron chi connectivity index (χ0n) is 19.0. The predicted octanol–water partition coefficient (Wildman–Crippen LogP) is 3.03. The molecular weight excluding hydrogens is 428 g/mol. The molecule has 8 nitrogen and oxygen atoms in total. The van der Waals surface area contributed by atoms with Gasteiger partial charge in [0.15, 0.2) is 5.13 Å². The summed E-state index contributed by atoms with van der Waals surface area (Å²) >= 11 is 1.25. The van der Waals surface area contributed by atoms with Gasteiger partial charge in [-0.25, -0.2) is 4.98 Å². The van der Waals surface area contributed by atoms with Gasteiger partial charge in [-0.3, -0.25) is 14.4 Å². The zero-order valence-corrected chi connectivity index (χ0v) is 19.8. The van der Waals surface area contributed by atoms with Crippen molar-refractivity contribution in [3.05, 3.63) is 46.5 Å². The number of amides is 3. The molecule has 2 N–H and O–H groups in total. The van der Waals surface area contributed by atoms with Gasteiger partial charge in [0.1, 0.15) is 6.54 Å². The lowest BCUT2D eigenvalue weighted by atomic mass is 10.1. The lowest BCUT2D eigenvalue weighted by Crippen LogP contribution is -2.40. The SMILES string of the molecule is CCCCCNC(=O)Cc1csc(NC(=O)CN(CCOC)C(=O)c2ccc(C)cc2)n1. The van der Waals surface area contributed by atoms with Gasteiger partial charge in [-0.1, -0.05) is 37.5 Å². The molecule has 0 aliphatic rings. The third-order valence-corrected chi connectivity index (χ3v) is 5.53. The summed E-state index contributed by atoms with van der Waals surface area (Å²) in [6, 6.07) is 7.21. The van der Waals surface area contributed by atoms with Gasteiger partial charge < -0.3 is 20.3 Å². The number of methoxy groups -OCH3 is 1. The van der Waals surface area contributed by atoms with E-state index in [1.807, 2.05) is 19.1 Å². The Hall–Kier alpha value is -2.78. The Kier molecular flexibility index (Phi) is 10.8. The number of rotatable bonds is 13. The molecule has 1 heterocycles. The summed E-state index contributed by atoms with van der Waals surface area (Å²) < 4.78 is 5.09. The number of thiazole rings is 1. The monoisotopic (exact) mass is 460 g/mol. The Morgan fingerprint density at radius 3 is 2.56 bits per heavy atom. The molecule has 0 aliphatic heterocycles. The van der Waals surface area contributed by atoms with Crippen molar-refractivity contribution in [3.8, 4) is 0 Å². The molecule has 1 aromatic heterocycles. The van der Waals surface area contributed by atoms with Crippen LogP contribution in [0.1, 0.15) is 47.8 Å². The van der Waals surface area contributed by atoms with Crippen molar-refractivity contribution in [2.24, 2.45) is 0 Å². The number of nitrogens with zero attached hydrogens (tertiary/aromatic N) is 2. The smallest absolute Gasteiger partial charge is 0.254 e. The molecule has 3 amide bonds. The summed E-state index contributed by atoms with van der Waals surface area (Å²) in [6.45, 7) is 5.21. The number of anilines is 1. The maximum Gasteiger partial charge on any atom is 0.254 e. The van der Waals surface area contributed by atoms with Crippen molar-refractivity contribution in [3.63, 3.8) is 0 Å². The van der Waals surface area contributed by atoms with E-state index in [-0.39, 0.29) is 37.2 Å². The highest BCUT2D eigenvalue weighted by Crippen LogP contribution is 2.16. The van der Waals surface area contributed by atoms with Crippen molar-refractivity contribution in [2.75, 3.05) is 38.7 Å². The Labute approximate surface area is 193 Å². The molecule has 0 spiro atoms. The summed E-state index contributed by atoms with van der Waals surface area (Å²) in [6.07, 6.45) is 3.32. The maximum absolute atomic E-state index is 12.8. The maximum atomic E-state index is 12.8. The van der Waals surface area contributed by atoms with E-state index in [1.54, 1.807) is 24.6 Å². The highest BCUT2D eigenvalue weighted by Gasteiger charge is 2.19. The topological polar surface area (TPSA) is 101 Å². The van der Waals surface area contributed by atoms with Crippen molar-refractivity contribution in [2.45, 2.75) is 39.5 Å². The van der Waals surface area contributed by atoms with Crippen LogP contribution in [0.4, 0.5) is 5.13 Å². The van der Waals surface area contributed by atoms with Crippen LogP contribution >= 0.6 is 11.3 Å². The first kappa shape index (κ1) is 25.5. The second-order valence-electron chi connectivity index (χ2n) is 7.51. The molecule has 0 saturated heterocycles. The fraction of sp³-hybridized carbons (Fsp3) is 0.478. The molecule has 32 heavy (non-hydrogen) atoms. The third-order valence-electron chi connectivity index (χ3n) is 4.73. The van der Waals surface area contributed by atoms with E-state index in [1.165, 1.54) is 16.2 Å². The Balaban J connectivity index is 1.90. The van der Waals surface area contributed by atoms with E-state index in [4.69, 9.17) is 4.74 Å². The van der Waals surface area contributed by atoms with Crippen LogP contribution < -0.4 is 10.6 Å². The number of nitrogens with one attached hydrogen (secondary N) is 2. The quantitative estimate of drug-likeness (QED) is 0.448. The molecule has 0 radical (unpaired) electrons. The molecule has 0 saturated carbocycles. The number of unbranched alkanes of at least 4 members (excludes halogenated alkanes) is 2. The van der Waals surface area contributed by atoms with Crippen molar-refractivity contribution >= 4 is 34.2 Å². The van der Waals surface area contributed by atoms with Crippen molar-refractivity contribution < 1.29 is 19.1 Å². The molecule has 0 aliphatic carbocycles. The summed E-state index contributed by atoms with van der Waals surface area (Å²) in [5.74, 6) is -0.679. The minimum atomic E-state index is -0.355. The Morgan fingerprint density at radius 2 is 1.88 bits per heavy atom. The molecule has 174 valence electrons. The molecule has 0 unspecified atom stereocenters. The van der Waals surface area contributed by atoms with Crippen molar-refractivity contribution in [1.82, 2.24) is 15.2 Å². The number of benzene rings is 1. The van der Waals surface area contributed by atoms with E-state index < -0.39 is 0 Å². The van der Waals surface area contributed by atoms with Gasteiger partial charge in [-0.05, 0) is 25.5 Å². The number of aryl methyl sites for hydroxylation is 1. The average Bonchev–Trinajstić information content (AvgIpc) is 3.20. The fourth-order valence-electron chi connectivity index (χ4n) is 2.94. The van der Waals surface area contributed by atoms with Crippen LogP contribution in [-0.2, 0) is 20.7 Å². The molecule has 1 aromatic carbocycles. The lowest BCUT2D eigenvalue weighted by Gasteiger charge is -2.21. The second kappa shape index (κ2) is 13.6. The van der Waals surface area contributed by atoms with Gasteiger partial charge in [0.2, 0.25) is 11.8 Å². The van der Waals surface area contributed by atoms with Crippen LogP contribution in [-0.4, -0.2) is 61.0 Å². The van der Waals surface area contributed by atoms with Crippen LogP contribution in [0.2, 0.25) is 0 Å². The fourth-order valence-corrected chi connectivity index (χ4v) is 3.67. The van der Waals surface area contributed by atoms with E-state index in [2.05, 4.69) is 22.5 Å². The summed E-state index contributed by atoms with van der Waals surface area (Å²) in [5, 5.41) is 7.75. The van der Waals surface area contributed by atoms with Crippen LogP contribution in [0, 0.1) is 6.92 Å². The van der Waals surface area contributed by atoms with Gasteiger partial charge in [-0.2, -0.15) is 0 Å². The largest absolute Gasteiger partial charge is 0.383 e. The number of ether oxygens (including phenoxy) is 1. The Morgan fingerprint density at radius 1 is 1.12 bits per heavy atom. The van der Waals surface area contributed by atoms with Gasteiger partial charge in [0.05, 0.1) is 18.7 Å². The first-order chi connectivity index (χ1) is 15.4. The van der Waals surface area contributed by atoms with Crippen LogP contribution in [0.3, 0.4) is 0 Å². The number of aromatic nitrogens is 1. The number of carbonyl (C=O) groups is 3. The second-order valence-corrected chi connectivity index (χ2v) is 8.37. The first-order valence-electron chi connectivity index (χ1n) is 10.8. The molecule has 0 atom stereocenters. The molecule has 0 fully saturated rings. The lowest BCUT2D eigenvalue weighted by molar-refractivity contribution is -0.120. The predicted molar refractivity (Wildman–Crippen MR) is 126 cm³/mol. The zero-order chi connectivity index (χ0) is 23.3. The Bertz CT molecular complexity index is 882. The summed E-state index contributed by atoms with van der Waals surface area (Å²) in [4.78, 5) is 43.1. The van der Waals surface area contributed by atoms with Crippen LogP contribution in [0.5, 0.6) is 0 Å². The molecule has 2 aromatic rings. The number of carbonyl (C=O) groups excluding carboxylic acids is 3. The average molecular weight is 461 g/mol. The normalized spacial score (nSPS) is 10.6. The molecular formula is C23H32N4O4S. The molecule has 0 bridgehead atoms. The third kappa shape index (κ3) is 8.76. The van der Waals surface area contributed by atoms with E-state index in [9.17, 15) is 14.4 Å². The van der Waals surface area contributed by atoms with Crippen LogP contribution in [0.25, 0.3) is 0 Å². The van der Waals surface area contributed by atoms with E-state index >= 15 is 0 Å². The minimum absolute atomic E-state index is 0.0845. The van der Waals surface area contributed by atoms with E-state index in [0.29, 0.717) is 29.5 Å². The molecule has 2 rings (SSSR count). The van der Waals surface area contributed by atoms with Gasteiger partial charge >= 0.3 is 0 Å². The molecule has 9 heteroatoms. The summed E-state index contributed by atoms with van der Waals surface area (Å²) in [5.41, 5.74) is 2.17.